The van der Waals surface area contributed by atoms with E-state index in [-0.39, 0.29) is 5.91 Å². The topological polar surface area (TPSA) is 36.7 Å². The number of hydrogen-bond donors (Lipinski definition) is 0. The van der Waals surface area contributed by atoms with E-state index in [1.54, 1.807) is 0 Å². The summed E-state index contributed by atoms with van der Waals surface area (Å²) in [5.74, 6) is 1.95. The van der Waals surface area contributed by atoms with Crippen LogP contribution in [0.2, 0.25) is 0 Å². The molecule has 114 valence electrons. The zero-order valence-electron chi connectivity index (χ0n) is 12.7. The second-order valence-corrected chi connectivity index (χ2v) is 6.07. The van der Waals surface area contributed by atoms with Crippen molar-refractivity contribution in [1.82, 2.24) is 9.80 Å². The highest BCUT2D eigenvalue weighted by Gasteiger charge is 2.15. The number of furan rings is 1. The van der Waals surface area contributed by atoms with Crippen molar-refractivity contribution in [3.05, 3.63) is 23.7 Å². The van der Waals surface area contributed by atoms with Crippen molar-refractivity contribution in [2.24, 2.45) is 0 Å². The predicted molar refractivity (Wildman–Crippen MR) is 85.1 cm³/mol. The highest BCUT2D eigenvalue weighted by Crippen LogP contribution is 2.12. The average Bonchev–Trinajstić information content (AvgIpc) is 2.80. The summed E-state index contributed by atoms with van der Waals surface area (Å²) >= 11 is 3.40. The Hall–Kier alpha value is -0.810. The van der Waals surface area contributed by atoms with Gasteiger partial charge < -0.3 is 14.2 Å². The maximum absolute atomic E-state index is 12.3. The van der Waals surface area contributed by atoms with E-state index in [4.69, 9.17) is 4.42 Å². The number of aryl methyl sites for hydroxylation is 1. The highest BCUT2D eigenvalue weighted by molar-refractivity contribution is 9.09. The van der Waals surface area contributed by atoms with Crippen LogP contribution in [0.4, 0.5) is 0 Å². The second-order valence-electron chi connectivity index (χ2n) is 5.28. The molecule has 1 heterocycles. The molecule has 0 unspecified atom stereocenters. The second kappa shape index (κ2) is 9.19. The number of hydrogen-bond acceptors (Lipinski definition) is 3. The van der Waals surface area contributed by atoms with E-state index < -0.39 is 0 Å². The number of likely N-dealkylation sites (N-methyl/N-ethyl adjacent to an activating group) is 1. The van der Waals surface area contributed by atoms with Crippen molar-refractivity contribution in [1.29, 1.82) is 0 Å². The van der Waals surface area contributed by atoms with E-state index in [2.05, 4.69) is 20.8 Å². The van der Waals surface area contributed by atoms with Crippen LogP contribution in [0.5, 0.6) is 0 Å². The van der Waals surface area contributed by atoms with Crippen LogP contribution in [0.1, 0.15) is 30.8 Å². The number of nitrogens with zero attached hydrogens (tertiary/aromatic N) is 2. The summed E-state index contributed by atoms with van der Waals surface area (Å²) < 4.78 is 5.58. The largest absolute Gasteiger partial charge is 0.464 e. The standard InChI is InChI=1S/C15H25BrN2O2/c1-13-7-8-14(20-13)12-18(11-10-17(2)3)15(19)6-4-5-9-16/h7-8H,4-6,9-12H2,1-3H3. The quantitative estimate of drug-likeness (QED) is 0.510. The van der Waals surface area contributed by atoms with Crippen LogP contribution in [0.25, 0.3) is 0 Å². The molecule has 1 aromatic heterocycles. The lowest BCUT2D eigenvalue weighted by atomic mass is 10.2. The third kappa shape index (κ3) is 6.57. The van der Waals surface area contributed by atoms with Crippen LogP contribution >= 0.6 is 15.9 Å². The Morgan fingerprint density at radius 1 is 1.25 bits per heavy atom. The molecule has 1 rings (SSSR count). The Labute approximate surface area is 130 Å². The van der Waals surface area contributed by atoms with Crippen LogP contribution in [-0.2, 0) is 11.3 Å². The number of amides is 1. The van der Waals surface area contributed by atoms with E-state index in [1.807, 2.05) is 38.1 Å². The molecule has 0 N–H and O–H groups in total. The maximum Gasteiger partial charge on any atom is 0.223 e. The zero-order chi connectivity index (χ0) is 15.0. The molecule has 0 aliphatic carbocycles. The Bertz CT molecular complexity index is 404. The summed E-state index contributed by atoms with van der Waals surface area (Å²) in [7, 11) is 4.04. The fourth-order valence-corrected chi connectivity index (χ4v) is 2.30. The van der Waals surface area contributed by atoms with Crippen molar-refractivity contribution in [2.45, 2.75) is 32.7 Å². The third-order valence-electron chi connectivity index (χ3n) is 3.09. The van der Waals surface area contributed by atoms with Crippen molar-refractivity contribution in [3.63, 3.8) is 0 Å². The van der Waals surface area contributed by atoms with Crippen molar-refractivity contribution in [2.75, 3.05) is 32.5 Å². The highest BCUT2D eigenvalue weighted by atomic mass is 79.9. The molecular formula is C15H25BrN2O2. The lowest BCUT2D eigenvalue weighted by Gasteiger charge is -2.23. The minimum absolute atomic E-state index is 0.210. The fourth-order valence-electron chi connectivity index (χ4n) is 1.90. The van der Waals surface area contributed by atoms with E-state index in [9.17, 15) is 4.79 Å². The molecule has 4 nitrogen and oxygen atoms in total. The van der Waals surface area contributed by atoms with Gasteiger partial charge in [-0.25, -0.2) is 0 Å². The lowest BCUT2D eigenvalue weighted by molar-refractivity contribution is -0.132. The Kier molecular flexibility index (Phi) is 7.92. The Morgan fingerprint density at radius 2 is 2.00 bits per heavy atom. The molecule has 20 heavy (non-hydrogen) atoms. The van der Waals surface area contributed by atoms with E-state index in [0.717, 1.165) is 42.8 Å². The summed E-state index contributed by atoms with van der Waals surface area (Å²) in [6.45, 7) is 4.09. The molecule has 1 aromatic rings. The average molecular weight is 345 g/mol. The molecule has 0 saturated heterocycles. The maximum atomic E-state index is 12.3. The summed E-state index contributed by atoms with van der Waals surface area (Å²) in [5, 5.41) is 0.954. The first-order chi connectivity index (χ1) is 9.52. The molecule has 0 aliphatic heterocycles. The number of carbonyl (C=O) groups excluding carboxylic acids is 1. The molecule has 1 amide bonds. The summed E-state index contributed by atoms with van der Waals surface area (Å²) in [6.07, 6.45) is 2.57. The monoisotopic (exact) mass is 344 g/mol. The minimum Gasteiger partial charge on any atom is -0.464 e. The van der Waals surface area contributed by atoms with Gasteiger partial charge in [0.05, 0.1) is 6.54 Å². The first-order valence-corrected chi connectivity index (χ1v) is 8.19. The minimum atomic E-state index is 0.210. The van der Waals surface area contributed by atoms with Gasteiger partial charge in [0.15, 0.2) is 0 Å². The van der Waals surface area contributed by atoms with Crippen LogP contribution < -0.4 is 0 Å². The van der Waals surface area contributed by atoms with Crippen molar-refractivity contribution < 1.29 is 9.21 Å². The summed E-state index contributed by atoms with van der Waals surface area (Å²) in [6, 6.07) is 3.89. The molecular weight excluding hydrogens is 320 g/mol. The van der Waals surface area contributed by atoms with Gasteiger partial charge >= 0.3 is 0 Å². The molecule has 0 aliphatic rings. The molecule has 0 aromatic carbocycles. The smallest absolute Gasteiger partial charge is 0.223 e. The van der Waals surface area contributed by atoms with Gasteiger partial charge in [-0.05, 0) is 46.0 Å². The van der Waals surface area contributed by atoms with Crippen LogP contribution in [0, 0.1) is 6.92 Å². The molecule has 0 spiro atoms. The summed E-state index contributed by atoms with van der Waals surface area (Å²) in [4.78, 5) is 16.3. The van der Waals surface area contributed by atoms with E-state index in [1.165, 1.54) is 0 Å². The molecule has 0 bridgehead atoms. The SMILES string of the molecule is Cc1ccc(CN(CCN(C)C)C(=O)CCCCBr)o1. The Balaban J connectivity index is 2.56. The third-order valence-corrected chi connectivity index (χ3v) is 3.65. The number of alkyl halides is 1. The van der Waals surface area contributed by atoms with E-state index in [0.29, 0.717) is 13.0 Å². The number of halogens is 1. The van der Waals surface area contributed by atoms with Gasteiger partial charge in [-0.3, -0.25) is 4.79 Å². The van der Waals surface area contributed by atoms with Gasteiger partial charge in [0.25, 0.3) is 0 Å². The lowest BCUT2D eigenvalue weighted by Crippen LogP contribution is -2.36. The number of rotatable bonds is 9. The number of unbranched alkanes of at least 4 members (excludes halogenated alkanes) is 1. The Morgan fingerprint density at radius 3 is 2.55 bits per heavy atom. The van der Waals surface area contributed by atoms with Gasteiger partial charge in [0.2, 0.25) is 5.91 Å². The van der Waals surface area contributed by atoms with Gasteiger partial charge in [0.1, 0.15) is 11.5 Å². The van der Waals surface area contributed by atoms with Crippen molar-refractivity contribution >= 4 is 21.8 Å². The van der Waals surface area contributed by atoms with Gasteiger partial charge in [0, 0.05) is 24.8 Å². The predicted octanol–water partition coefficient (Wildman–Crippen LogP) is 3.04. The van der Waals surface area contributed by atoms with Gasteiger partial charge in [-0.2, -0.15) is 0 Å². The van der Waals surface area contributed by atoms with Gasteiger partial charge in [-0.15, -0.1) is 0 Å². The normalized spacial score (nSPS) is 11.1. The van der Waals surface area contributed by atoms with Crippen LogP contribution in [0.3, 0.4) is 0 Å². The molecule has 0 saturated carbocycles. The van der Waals surface area contributed by atoms with Crippen LogP contribution in [0.15, 0.2) is 16.5 Å². The summed E-state index contributed by atoms with van der Waals surface area (Å²) in [5.41, 5.74) is 0. The number of carbonyl (C=O) groups is 1. The zero-order valence-corrected chi connectivity index (χ0v) is 14.3. The molecule has 0 atom stereocenters. The molecule has 0 fully saturated rings. The van der Waals surface area contributed by atoms with Crippen molar-refractivity contribution in [3.8, 4) is 0 Å². The van der Waals surface area contributed by atoms with Gasteiger partial charge in [-0.1, -0.05) is 15.9 Å². The van der Waals surface area contributed by atoms with E-state index >= 15 is 0 Å². The fraction of sp³-hybridized carbons (Fsp3) is 0.667. The first-order valence-electron chi connectivity index (χ1n) is 7.06. The molecule has 0 radical (unpaired) electrons. The van der Waals surface area contributed by atoms with Crippen LogP contribution in [-0.4, -0.2) is 48.2 Å². The molecule has 5 heteroatoms. The first kappa shape index (κ1) is 17.2.